The second kappa shape index (κ2) is 6.05. The van der Waals surface area contributed by atoms with Crippen molar-refractivity contribution < 1.29 is 14.3 Å². The Morgan fingerprint density at radius 2 is 2.12 bits per heavy atom. The summed E-state index contributed by atoms with van der Waals surface area (Å²) in [7, 11) is 3.07. The lowest BCUT2D eigenvalue weighted by molar-refractivity contribution is -0.116. The third-order valence-corrected chi connectivity index (χ3v) is 2.26. The van der Waals surface area contributed by atoms with Gasteiger partial charge >= 0.3 is 0 Å². The number of primary amides is 1. The van der Waals surface area contributed by atoms with Gasteiger partial charge in [0.05, 0.1) is 31.3 Å². The maximum Gasteiger partial charge on any atom is 0.224 e. The van der Waals surface area contributed by atoms with Gasteiger partial charge in [0, 0.05) is 0 Å². The molecule has 0 fully saturated rings. The van der Waals surface area contributed by atoms with Crippen LogP contribution in [0.4, 0.5) is 5.69 Å². The van der Waals surface area contributed by atoms with Gasteiger partial charge in [0.1, 0.15) is 0 Å². The molecule has 6 heteroatoms. The van der Waals surface area contributed by atoms with Crippen molar-refractivity contribution in [1.29, 1.82) is 0 Å². The Morgan fingerprint density at radius 3 is 2.65 bits per heavy atom. The van der Waals surface area contributed by atoms with Crippen molar-refractivity contribution in [2.75, 3.05) is 19.5 Å². The molecule has 1 amide bonds. The average molecular weight is 254 g/mol. The highest BCUT2D eigenvalue weighted by Crippen LogP contribution is 2.34. The summed E-state index contributed by atoms with van der Waals surface area (Å²) in [5, 5.41) is 2.89. The van der Waals surface area contributed by atoms with E-state index < -0.39 is 5.91 Å². The summed E-state index contributed by atoms with van der Waals surface area (Å²) in [6.45, 7) is 0. The highest BCUT2D eigenvalue weighted by Gasteiger charge is 2.11. The van der Waals surface area contributed by atoms with Crippen molar-refractivity contribution in [3.63, 3.8) is 0 Å². The first-order chi connectivity index (χ1) is 8.08. The number of thiocarbonyl (C=S) groups is 1. The smallest absolute Gasteiger partial charge is 0.224 e. The minimum atomic E-state index is -0.482. The molecule has 0 aromatic heterocycles. The molecule has 0 aliphatic heterocycles. The molecule has 0 aliphatic carbocycles. The molecule has 1 aromatic rings. The second-order valence-corrected chi connectivity index (χ2v) is 3.73. The molecule has 1 aromatic carbocycles. The normalized spacial score (nSPS) is 9.53. The van der Waals surface area contributed by atoms with Gasteiger partial charge in [0.2, 0.25) is 5.91 Å². The van der Waals surface area contributed by atoms with Crippen LogP contribution in [0.15, 0.2) is 18.2 Å². The van der Waals surface area contributed by atoms with Gasteiger partial charge in [0.25, 0.3) is 0 Å². The topological polar surface area (TPSA) is 73.6 Å². The van der Waals surface area contributed by atoms with Crippen LogP contribution in [0.25, 0.3) is 0 Å². The van der Waals surface area contributed by atoms with E-state index in [4.69, 9.17) is 27.4 Å². The number of rotatable bonds is 5. The van der Waals surface area contributed by atoms with Crippen molar-refractivity contribution in [3.05, 3.63) is 18.2 Å². The van der Waals surface area contributed by atoms with Crippen LogP contribution < -0.4 is 20.5 Å². The quantitative estimate of drug-likeness (QED) is 0.775. The number of carbonyl (C=O) groups excluding carboxylic acids is 1. The van der Waals surface area contributed by atoms with Crippen molar-refractivity contribution >= 4 is 28.8 Å². The summed E-state index contributed by atoms with van der Waals surface area (Å²) < 4.78 is 10.3. The van der Waals surface area contributed by atoms with Crippen molar-refractivity contribution in [1.82, 2.24) is 0 Å². The Hall–Kier alpha value is -1.82. The van der Waals surface area contributed by atoms with E-state index in [0.29, 0.717) is 22.2 Å². The van der Waals surface area contributed by atoms with Gasteiger partial charge in [-0.25, -0.2) is 0 Å². The molecule has 0 radical (unpaired) electrons. The number of hydrogen-bond acceptors (Lipinski definition) is 4. The summed E-state index contributed by atoms with van der Waals surface area (Å²) in [6.07, 6.45) is -0.00427. The minimum Gasteiger partial charge on any atom is -0.493 e. The zero-order valence-electron chi connectivity index (χ0n) is 9.65. The molecule has 0 aliphatic rings. The van der Waals surface area contributed by atoms with Crippen LogP contribution in [0.5, 0.6) is 11.5 Å². The summed E-state index contributed by atoms with van der Waals surface area (Å²) in [5.41, 5.74) is 5.69. The number of hydrogen-bond donors (Lipinski definition) is 2. The Balaban J connectivity index is 2.90. The van der Waals surface area contributed by atoms with Crippen LogP contribution in [0, 0.1) is 0 Å². The third kappa shape index (κ3) is 3.60. The van der Waals surface area contributed by atoms with Crippen LogP contribution in [0.3, 0.4) is 0 Å². The second-order valence-electron chi connectivity index (χ2n) is 3.23. The maximum absolute atomic E-state index is 10.7. The summed E-state index contributed by atoms with van der Waals surface area (Å²) in [5.74, 6) is 0.630. The summed E-state index contributed by atoms with van der Waals surface area (Å²) in [6, 6.07) is 5.33. The van der Waals surface area contributed by atoms with E-state index in [1.807, 2.05) is 0 Å². The van der Waals surface area contributed by atoms with Gasteiger partial charge in [0.15, 0.2) is 11.5 Å². The van der Waals surface area contributed by atoms with Crippen LogP contribution in [0.1, 0.15) is 6.42 Å². The minimum absolute atomic E-state index is 0.00427. The SMILES string of the molecule is COc1cccc(NC(=S)CC(N)=O)c1OC. The molecule has 92 valence electrons. The third-order valence-electron chi connectivity index (χ3n) is 2.01. The fourth-order valence-corrected chi connectivity index (χ4v) is 1.59. The first kappa shape index (κ1) is 13.2. The zero-order valence-corrected chi connectivity index (χ0v) is 10.5. The first-order valence-corrected chi connectivity index (χ1v) is 5.28. The Morgan fingerprint density at radius 1 is 1.41 bits per heavy atom. The Kier molecular flexibility index (Phi) is 4.71. The average Bonchev–Trinajstić information content (AvgIpc) is 2.27. The highest BCUT2D eigenvalue weighted by atomic mass is 32.1. The van der Waals surface area contributed by atoms with Crippen molar-refractivity contribution in [2.24, 2.45) is 5.73 Å². The lowest BCUT2D eigenvalue weighted by Crippen LogP contribution is -2.20. The number of amides is 1. The van der Waals surface area contributed by atoms with Gasteiger partial charge in [-0.3, -0.25) is 4.79 Å². The molecule has 0 spiro atoms. The summed E-state index contributed by atoms with van der Waals surface area (Å²) >= 11 is 4.99. The highest BCUT2D eigenvalue weighted by molar-refractivity contribution is 7.80. The van der Waals surface area contributed by atoms with Crippen LogP contribution >= 0.6 is 12.2 Å². The molecule has 0 atom stereocenters. The number of nitrogens with one attached hydrogen (secondary N) is 1. The van der Waals surface area contributed by atoms with Crippen molar-refractivity contribution in [2.45, 2.75) is 6.42 Å². The molecule has 0 bridgehead atoms. The lowest BCUT2D eigenvalue weighted by atomic mass is 10.2. The number of para-hydroxylation sites is 1. The molecule has 3 N–H and O–H groups in total. The maximum atomic E-state index is 10.7. The Bertz CT molecular complexity index is 435. The fraction of sp³-hybridized carbons (Fsp3) is 0.273. The number of ether oxygens (including phenoxy) is 2. The molecule has 0 unspecified atom stereocenters. The number of carbonyl (C=O) groups is 1. The van der Waals surface area contributed by atoms with Crippen LogP contribution in [-0.2, 0) is 4.79 Å². The molecule has 0 saturated heterocycles. The summed E-state index contributed by atoms with van der Waals surface area (Å²) in [4.78, 5) is 11.1. The van der Waals surface area contributed by atoms with E-state index in [2.05, 4.69) is 5.32 Å². The fourth-order valence-electron chi connectivity index (χ4n) is 1.34. The molecule has 0 saturated carbocycles. The largest absolute Gasteiger partial charge is 0.493 e. The van der Waals surface area contributed by atoms with E-state index >= 15 is 0 Å². The molecule has 5 nitrogen and oxygen atoms in total. The van der Waals surface area contributed by atoms with Crippen LogP contribution in [-0.4, -0.2) is 25.1 Å². The van der Waals surface area contributed by atoms with Gasteiger partial charge < -0.3 is 20.5 Å². The Labute approximate surface area is 105 Å². The number of benzene rings is 1. The van der Waals surface area contributed by atoms with Gasteiger partial charge in [-0.2, -0.15) is 0 Å². The van der Waals surface area contributed by atoms with Gasteiger partial charge in [-0.05, 0) is 12.1 Å². The van der Waals surface area contributed by atoms with Gasteiger partial charge in [-0.15, -0.1) is 0 Å². The van der Waals surface area contributed by atoms with E-state index in [0.717, 1.165) is 0 Å². The number of methoxy groups -OCH3 is 2. The van der Waals surface area contributed by atoms with E-state index in [1.54, 1.807) is 25.3 Å². The zero-order chi connectivity index (χ0) is 12.8. The standard InChI is InChI=1S/C11H14N2O3S/c1-15-8-5-3-4-7(11(8)16-2)13-10(17)6-9(12)14/h3-5H,6H2,1-2H3,(H2,12,14)(H,13,17). The van der Waals surface area contributed by atoms with Crippen molar-refractivity contribution in [3.8, 4) is 11.5 Å². The first-order valence-electron chi connectivity index (χ1n) is 4.87. The van der Waals surface area contributed by atoms with E-state index in [9.17, 15) is 4.79 Å². The predicted octanol–water partition coefficient (Wildman–Crippen LogP) is 1.32. The molecule has 1 rings (SSSR count). The monoisotopic (exact) mass is 254 g/mol. The van der Waals surface area contributed by atoms with Crippen LogP contribution in [0.2, 0.25) is 0 Å². The van der Waals surface area contributed by atoms with E-state index in [1.165, 1.54) is 7.11 Å². The van der Waals surface area contributed by atoms with Gasteiger partial charge in [-0.1, -0.05) is 18.3 Å². The number of nitrogens with two attached hydrogens (primary N) is 1. The van der Waals surface area contributed by atoms with E-state index in [-0.39, 0.29) is 6.42 Å². The molecular formula is C11H14N2O3S. The lowest BCUT2D eigenvalue weighted by Gasteiger charge is -2.14. The molecular weight excluding hydrogens is 240 g/mol. The predicted molar refractivity (Wildman–Crippen MR) is 69.6 cm³/mol. The number of anilines is 1. The molecule has 17 heavy (non-hydrogen) atoms. The molecule has 0 heterocycles.